The minimum absolute atomic E-state index is 0.162. The molecule has 2 aromatic rings. The molecular formula is C18H22ClN5OS. The van der Waals surface area contributed by atoms with Crippen molar-refractivity contribution in [3.63, 3.8) is 0 Å². The van der Waals surface area contributed by atoms with Gasteiger partial charge in [-0.25, -0.2) is 0 Å². The maximum atomic E-state index is 12.6. The van der Waals surface area contributed by atoms with Crippen molar-refractivity contribution in [2.75, 3.05) is 41.6 Å². The van der Waals surface area contributed by atoms with Gasteiger partial charge in [0.1, 0.15) is 0 Å². The Morgan fingerprint density at radius 3 is 2.46 bits per heavy atom. The lowest BCUT2D eigenvalue weighted by Gasteiger charge is -2.35. The summed E-state index contributed by atoms with van der Waals surface area (Å²) < 4.78 is 3.26. The molecule has 0 radical (unpaired) electrons. The van der Waals surface area contributed by atoms with Gasteiger partial charge in [0.25, 0.3) is 0 Å². The Morgan fingerprint density at radius 2 is 1.85 bits per heavy atom. The monoisotopic (exact) mass is 391 g/mol. The maximum Gasteiger partial charge on any atom is 0.227 e. The second kappa shape index (κ2) is 9.09. The number of hydrogen-bond donors (Lipinski definition) is 1. The molecule has 2 heterocycles. The average Bonchev–Trinajstić information content (AvgIpc) is 2.68. The molecule has 1 aliphatic rings. The van der Waals surface area contributed by atoms with Gasteiger partial charge in [0.2, 0.25) is 5.91 Å². The minimum atomic E-state index is 0.162. The van der Waals surface area contributed by atoms with E-state index < -0.39 is 0 Å². The van der Waals surface area contributed by atoms with Gasteiger partial charge in [-0.2, -0.15) is 0 Å². The predicted molar refractivity (Wildman–Crippen MR) is 108 cm³/mol. The van der Waals surface area contributed by atoms with Crippen molar-refractivity contribution < 1.29 is 4.79 Å². The van der Waals surface area contributed by atoms with Gasteiger partial charge in [0.05, 0.1) is 6.42 Å². The van der Waals surface area contributed by atoms with Gasteiger partial charge in [-0.1, -0.05) is 42.6 Å². The number of anilines is 2. The quantitative estimate of drug-likeness (QED) is 0.763. The molecule has 0 bridgehead atoms. The third kappa shape index (κ3) is 5.02. The van der Waals surface area contributed by atoms with Gasteiger partial charge >= 0.3 is 0 Å². The largest absolute Gasteiger partial charge is 0.352 e. The minimum Gasteiger partial charge on any atom is -0.352 e. The fourth-order valence-electron chi connectivity index (χ4n) is 2.80. The topological polar surface area (TPSA) is 61.4 Å². The highest BCUT2D eigenvalue weighted by atomic mass is 35.5. The van der Waals surface area contributed by atoms with Crippen LogP contribution in [-0.2, 0) is 11.2 Å². The summed E-state index contributed by atoms with van der Waals surface area (Å²) in [6.45, 7) is 4.98. The fourth-order valence-corrected chi connectivity index (χ4v) is 3.34. The number of carbonyl (C=O) groups is 1. The summed E-state index contributed by atoms with van der Waals surface area (Å²) >= 11 is 7.43. The first-order valence-electron chi connectivity index (χ1n) is 8.64. The summed E-state index contributed by atoms with van der Waals surface area (Å²) in [6, 6.07) is 11.6. The molecule has 1 aliphatic heterocycles. The summed E-state index contributed by atoms with van der Waals surface area (Å²) in [6.07, 6.45) is 0.432. The van der Waals surface area contributed by atoms with E-state index in [1.165, 1.54) is 0 Å². The molecule has 1 amide bonds. The van der Waals surface area contributed by atoms with Crippen molar-refractivity contribution in [1.82, 2.24) is 15.1 Å². The summed E-state index contributed by atoms with van der Waals surface area (Å²) in [5.41, 5.74) is 2.10. The molecule has 0 saturated carbocycles. The van der Waals surface area contributed by atoms with Crippen molar-refractivity contribution in [1.29, 1.82) is 0 Å². The van der Waals surface area contributed by atoms with E-state index in [4.69, 9.17) is 11.6 Å². The van der Waals surface area contributed by atoms with Crippen LogP contribution in [0.15, 0.2) is 36.4 Å². The SMILES string of the molecule is CCSNc1ccc(CC(=O)N2CCN(c3ccc(Cl)nn3)CC2)cc1. The van der Waals surface area contributed by atoms with Crippen molar-refractivity contribution in [3.05, 3.63) is 47.1 Å². The zero-order valence-corrected chi connectivity index (χ0v) is 16.3. The Labute approximate surface area is 163 Å². The highest BCUT2D eigenvalue weighted by molar-refractivity contribution is 8.00. The van der Waals surface area contributed by atoms with E-state index in [1.807, 2.05) is 35.2 Å². The molecule has 1 saturated heterocycles. The molecular weight excluding hydrogens is 370 g/mol. The second-order valence-corrected chi connectivity index (χ2v) is 7.45. The van der Waals surface area contributed by atoms with E-state index in [0.29, 0.717) is 24.7 Å². The molecule has 26 heavy (non-hydrogen) atoms. The Morgan fingerprint density at radius 1 is 1.12 bits per heavy atom. The lowest BCUT2D eigenvalue weighted by atomic mass is 10.1. The van der Waals surface area contributed by atoms with Crippen molar-refractivity contribution in [2.45, 2.75) is 13.3 Å². The van der Waals surface area contributed by atoms with E-state index in [9.17, 15) is 4.79 Å². The molecule has 0 unspecified atom stereocenters. The van der Waals surface area contributed by atoms with Crippen LogP contribution in [0.1, 0.15) is 12.5 Å². The van der Waals surface area contributed by atoms with E-state index in [2.05, 4.69) is 26.7 Å². The van der Waals surface area contributed by atoms with Crippen LogP contribution in [0.4, 0.5) is 11.5 Å². The smallest absolute Gasteiger partial charge is 0.227 e. The van der Waals surface area contributed by atoms with E-state index in [1.54, 1.807) is 18.0 Å². The Bertz CT molecular complexity index is 717. The summed E-state index contributed by atoms with van der Waals surface area (Å²) in [7, 11) is 0. The summed E-state index contributed by atoms with van der Waals surface area (Å²) in [4.78, 5) is 16.6. The van der Waals surface area contributed by atoms with E-state index in [-0.39, 0.29) is 5.91 Å². The van der Waals surface area contributed by atoms with Gasteiger partial charge < -0.3 is 14.5 Å². The number of halogens is 1. The first-order valence-corrected chi connectivity index (χ1v) is 10.0. The van der Waals surface area contributed by atoms with Crippen molar-refractivity contribution in [2.24, 2.45) is 0 Å². The third-order valence-corrected chi connectivity index (χ3v) is 5.09. The zero-order chi connectivity index (χ0) is 18.4. The van der Waals surface area contributed by atoms with Crippen molar-refractivity contribution in [3.8, 4) is 0 Å². The molecule has 0 atom stereocenters. The number of amides is 1. The first-order chi connectivity index (χ1) is 12.7. The van der Waals surface area contributed by atoms with Gasteiger partial charge in [0.15, 0.2) is 11.0 Å². The van der Waals surface area contributed by atoms with Crippen LogP contribution in [0, 0.1) is 0 Å². The van der Waals surface area contributed by atoms with Gasteiger partial charge in [-0.05, 0) is 29.8 Å². The molecule has 0 aliphatic carbocycles. The highest BCUT2D eigenvalue weighted by Crippen LogP contribution is 2.17. The molecule has 6 nitrogen and oxygen atoms in total. The zero-order valence-electron chi connectivity index (χ0n) is 14.7. The number of hydrogen-bond acceptors (Lipinski definition) is 6. The highest BCUT2D eigenvalue weighted by Gasteiger charge is 2.22. The molecule has 1 N–H and O–H groups in total. The molecule has 3 rings (SSSR count). The Hall–Kier alpha value is -1.99. The molecule has 0 spiro atoms. The van der Waals surface area contributed by atoms with Crippen LogP contribution in [0.3, 0.4) is 0 Å². The number of carbonyl (C=O) groups excluding carboxylic acids is 1. The summed E-state index contributed by atoms with van der Waals surface area (Å²) in [5, 5.41) is 8.36. The standard InChI is InChI=1S/C18H22ClN5OS/c1-2-26-22-15-5-3-14(4-6-15)13-18(25)24-11-9-23(10-12-24)17-8-7-16(19)20-21-17/h3-8,22H,2,9-13H2,1H3. The van der Waals surface area contributed by atoms with E-state index in [0.717, 1.165) is 35.9 Å². The Balaban J connectivity index is 1.49. The second-order valence-electron chi connectivity index (χ2n) is 5.99. The molecule has 1 aromatic heterocycles. The normalized spacial score (nSPS) is 14.4. The number of piperazine rings is 1. The summed E-state index contributed by atoms with van der Waals surface area (Å²) in [5.74, 6) is 1.97. The van der Waals surface area contributed by atoms with Crippen LogP contribution in [0.25, 0.3) is 0 Å². The lowest BCUT2D eigenvalue weighted by molar-refractivity contribution is -0.130. The number of aromatic nitrogens is 2. The third-order valence-electron chi connectivity index (χ3n) is 4.22. The van der Waals surface area contributed by atoms with Crippen LogP contribution < -0.4 is 9.62 Å². The van der Waals surface area contributed by atoms with Gasteiger partial charge in [-0.3, -0.25) is 4.79 Å². The lowest BCUT2D eigenvalue weighted by Crippen LogP contribution is -2.49. The number of rotatable bonds is 6. The maximum absolute atomic E-state index is 12.6. The average molecular weight is 392 g/mol. The van der Waals surface area contributed by atoms with Crippen LogP contribution >= 0.6 is 23.5 Å². The number of nitrogens with zero attached hydrogens (tertiary/aromatic N) is 4. The van der Waals surface area contributed by atoms with Crippen LogP contribution in [-0.4, -0.2) is 52.9 Å². The van der Waals surface area contributed by atoms with E-state index >= 15 is 0 Å². The van der Waals surface area contributed by atoms with Crippen molar-refractivity contribution >= 4 is 41.0 Å². The molecule has 138 valence electrons. The van der Waals surface area contributed by atoms with Gasteiger partial charge in [0, 0.05) is 37.6 Å². The molecule has 1 fully saturated rings. The first kappa shape index (κ1) is 18.8. The molecule has 8 heteroatoms. The van der Waals surface area contributed by atoms with Crippen LogP contribution in [0.2, 0.25) is 5.15 Å². The molecule has 1 aromatic carbocycles. The van der Waals surface area contributed by atoms with Gasteiger partial charge in [-0.15, -0.1) is 10.2 Å². The predicted octanol–water partition coefficient (Wildman–Crippen LogP) is 3.10. The Kier molecular flexibility index (Phi) is 6.57. The number of nitrogens with one attached hydrogen (secondary N) is 1. The fraction of sp³-hybridized carbons (Fsp3) is 0.389. The number of benzene rings is 1. The van der Waals surface area contributed by atoms with Crippen LogP contribution in [0.5, 0.6) is 0 Å².